The van der Waals surface area contributed by atoms with Crippen LogP contribution in [-0.4, -0.2) is 15.9 Å². The number of carbonyl (C=O) groups excluding carboxylic acids is 1. The summed E-state index contributed by atoms with van der Waals surface area (Å²) in [6.07, 6.45) is 6.89. The molecule has 0 radical (unpaired) electrons. The Balaban J connectivity index is 1.94. The van der Waals surface area contributed by atoms with Crippen LogP contribution in [0.4, 0.5) is 5.69 Å². The highest BCUT2D eigenvalue weighted by atomic mass is 35.5. The van der Waals surface area contributed by atoms with E-state index in [0.29, 0.717) is 10.7 Å². The number of carbonyl (C=O) groups is 1. The van der Waals surface area contributed by atoms with Gasteiger partial charge in [0.2, 0.25) is 5.91 Å². The average Bonchev–Trinajstić information content (AvgIpc) is 3.00. The van der Waals surface area contributed by atoms with Gasteiger partial charge < -0.3 is 5.32 Å². The summed E-state index contributed by atoms with van der Waals surface area (Å²) in [7, 11) is 0. The number of benzene rings is 1. The van der Waals surface area contributed by atoms with Gasteiger partial charge in [-0.25, -0.2) is 9.97 Å². The zero-order chi connectivity index (χ0) is 15.6. The minimum atomic E-state index is -0.507. The van der Waals surface area contributed by atoms with Crippen molar-refractivity contribution in [2.75, 3.05) is 5.32 Å². The Kier molecular flexibility index (Phi) is 4.12. The second-order valence-corrected chi connectivity index (χ2v) is 6.21. The molecule has 3 rings (SSSR count). The molecule has 0 spiro atoms. The standard InChI is InChI=1S/C17H18ClN3O/c1-12-15(10-19-11-20-12)21-16(22)17(7-2-3-8-17)13-5-4-6-14(18)9-13/h4-6,9-11H,2-3,7-8H2,1H3,(H,21,22). The minimum Gasteiger partial charge on any atom is -0.322 e. The largest absolute Gasteiger partial charge is 0.322 e. The van der Waals surface area contributed by atoms with E-state index in [1.165, 1.54) is 6.33 Å². The lowest BCUT2D eigenvalue weighted by molar-refractivity contribution is -0.121. The van der Waals surface area contributed by atoms with E-state index in [0.717, 1.165) is 36.9 Å². The van der Waals surface area contributed by atoms with Crippen LogP contribution < -0.4 is 5.32 Å². The van der Waals surface area contributed by atoms with Crippen molar-refractivity contribution < 1.29 is 4.79 Å². The Labute approximate surface area is 134 Å². The van der Waals surface area contributed by atoms with Crippen molar-refractivity contribution >= 4 is 23.2 Å². The maximum absolute atomic E-state index is 13.0. The maximum atomic E-state index is 13.0. The van der Waals surface area contributed by atoms with Crippen LogP contribution in [0, 0.1) is 6.92 Å². The highest BCUT2D eigenvalue weighted by Gasteiger charge is 2.42. The van der Waals surface area contributed by atoms with Crippen molar-refractivity contribution in [3.8, 4) is 0 Å². The Morgan fingerprint density at radius 2 is 2.09 bits per heavy atom. The summed E-state index contributed by atoms with van der Waals surface area (Å²) in [5.41, 5.74) is 1.92. The molecule has 1 heterocycles. The van der Waals surface area contributed by atoms with Crippen LogP contribution in [0.25, 0.3) is 0 Å². The van der Waals surface area contributed by atoms with Gasteiger partial charge in [0.05, 0.1) is 23.0 Å². The molecule has 0 bridgehead atoms. The Morgan fingerprint density at radius 1 is 1.32 bits per heavy atom. The lowest BCUT2D eigenvalue weighted by atomic mass is 9.78. The van der Waals surface area contributed by atoms with Crippen molar-refractivity contribution in [2.45, 2.75) is 38.0 Å². The van der Waals surface area contributed by atoms with Gasteiger partial charge in [-0.15, -0.1) is 0 Å². The first-order valence-electron chi connectivity index (χ1n) is 7.46. The molecule has 0 saturated heterocycles. The third-order valence-electron chi connectivity index (χ3n) is 4.43. The lowest BCUT2D eigenvalue weighted by Crippen LogP contribution is -2.38. The second-order valence-electron chi connectivity index (χ2n) is 5.78. The maximum Gasteiger partial charge on any atom is 0.235 e. The number of amides is 1. The molecule has 1 saturated carbocycles. The molecule has 5 heteroatoms. The molecule has 1 amide bonds. The molecule has 1 aromatic carbocycles. The molecule has 1 N–H and O–H groups in total. The summed E-state index contributed by atoms with van der Waals surface area (Å²) in [5, 5.41) is 3.67. The molecule has 0 atom stereocenters. The Bertz CT molecular complexity index is 696. The van der Waals surface area contributed by atoms with Crippen molar-refractivity contribution in [1.82, 2.24) is 9.97 Å². The van der Waals surface area contributed by atoms with Crippen molar-refractivity contribution in [2.24, 2.45) is 0 Å². The van der Waals surface area contributed by atoms with Crippen LogP contribution in [0.5, 0.6) is 0 Å². The highest BCUT2D eigenvalue weighted by Crippen LogP contribution is 2.42. The molecule has 1 aliphatic rings. The van der Waals surface area contributed by atoms with E-state index in [1.807, 2.05) is 31.2 Å². The molecule has 2 aromatic rings. The number of anilines is 1. The Hall–Kier alpha value is -1.94. The fourth-order valence-corrected chi connectivity index (χ4v) is 3.36. The van der Waals surface area contributed by atoms with Gasteiger partial charge in [-0.3, -0.25) is 4.79 Å². The van der Waals surface area contributed by atoms with Crippen LogP contribution >= 0.6 is 11.6 Å². The molecule has 4 nitrogen and oxygen atoms in total. The predicted octanol–water partition coefficient (Wildman–Crippen LogP) is 3.89. The van der Waals surface area contributed by atoms with Crippen LogP contribution in [-0.2, 0) is 10.2 Å². The summed E-state index contributed by atoms with van der Waals surface area (Å²) in [5.74, 6) is 0.00478. The summed E-state index contributed by atoms with van der Waals surface area (Å²) in [6.45, 7) is 1.86. The van der Waals surface area contributed by atoms with Gasteiger partial charge in [0.1, 0.15) is 6.33 Å². The van der Waals surface area contributed by atoms with Crippen LogP contribution in [0.2, 0.25) is 5.02 Å². The topological polar surface area (TPSA) is 54.9 Å². The number of rotatable bonds is 3. The molecule has 1 fully saturated rings. The van der Waals surface area contributed by atoms with E-state index in [1.54, 1.807) is 6.20 Å². The first-order valence-corrected chi connectivity index (χ1v) is 7.84. The van der Waals surface area contributed by atoms with Crippen LogP contribution in [0.3, 0.4) is 0 Å². The molecule has 1 aromatic heterocycles. The number of nitrogens with one attached hydrogen (secondary N) is 1. The van der Waals surface area contributed by atoms with E-state index in [-0.39, 0.29) is 5.91 Å². The second kappa shape index (κ2) is 6.05. The number of hydrogen-bond acceptors (Lipinski definition) is 3. The normalized spacial score (nSPS) is 16.5. The highest BCUT2D eigenvalue weighted by molar-refractivity contribution is 6.30. The fraction of sp³-hybridized carbons (Fsp3) is 0.353. The molecule has 0 aliphatic heterocycles. The molecule has 0 unspecified atom stereocenters. The Morgan fingerprint density at radius 3 is 2.77 bits per heavy atom. The zero-order valence-corrected chi connectivity index (χ0v) is 13.2. The van der Waals surface area contributed by atoms with Gasteiger partial charge in [-0.1, -0.05) is 36.6 Å². The van der Waals surface area contributed by atoms with Crippen molar-refractivity contribution in [3.05, 3.63) is 53.1 Å². The van der Waals surface area contributed by atoms with E-state index in [4.69, 9.17) is 11.6 Å². The third-order valence-corrected chi connectivity index (χ3v) is 4.66. The monoisotopic (exact) mass is 315 g/mol. The fourth-order valence-electron chi connectivity index (χ4n) is 3.17. The molecule has 22 heavy (non-hydrogen) atoms. The summed E-state index contributed by atoms with van der Waals surface area (Å²) < 4.78 is 0. The minimum absolute atomic E-state index is 0.00478. The van der Waals surface area contributed by atoms with E-state index >= 15 is 0 Å². The molecular formula is C17H18ClN3O. The number of hydrogen-bond donors (Lipinski definition) is 1. The number of aryl methyl sites for hydroxylation is 1. The van der Waals surface area contributed by atoms with Crippen LogP contribution in [0.15, 0.2) is 36.8 Å². The van der Waals surface area contributed by atoms with E-state index in [2.05, 4.69) is 15.3 Å². The van der Waals surface area contributed by atoms with E-state index < -0.39 is 5.41 Å². The zero-order valence-electron chi connectivity index (χ0n) is 12.5. The molecule has 1 aliphatic carbocycles. The van der Waals surface area contributed by atoms with Gasteiger partial charge in [-0.2, -0.15) is 0 Å². The summed E-state index contributed by atoms with van der Waals surface area (Å²) in [6, 6.07) is 7.63. The van der Waals surface area contributed by atoms with Gasteiger partial charge in [0.15, 0.2) is 0 Å². The van der Waals surface area contributed by atoms with E-state index in [9.17, 15) is 4.79 Å². The summed E-state index contributed by atoms with van der Waals surface area (Å²) >= 11 is 6.12. The van der Waals surface area contributed by atoms with Gasteiger partial charge in [-0.05, 0) is 37.5 Å². The van der Waals surface area contributed by atoms with Crippen molar-refractivity contribution in [3.63, 3.8) is 0 Å². The number of nitrogens with zero attached hydrogens (tertiary/aromatic N) is 2. The van der Waals surface area contributed by atoms with Gasteiger partial charge in [0.25, 0.3) is 0 Å². The quantitative estimate of drug-likeness (QED) is 0.935. The third kappa shape index (κ3) is 2.71. The first-order chi connectivity index (χ1) is 10.6. The summed E-state index contributed by atoms with van der Waals surface area (Å²) in [4.78, 5) is 21.1. The SMILES string of the molecule is Cc1ncncc1NC(=O)C1(c2cccc(Cl)c2)CCCC1. The molecular weight excluding hydrogens is 298 g/mol. The van der Waals surface area contributed by atoms with Crippen molar-refractivity contribution in [1.29, 1.82) is 0 Å². The number of aromatic nitrogens is 2. The van der Waals surface area contributed by atoms with Gasteiger partial charge >= 0.3 is 0 Å². The number of halogens is 1. The smallest absolute Gasteiger partial charge is 0.235 e. The first kappa shape index (κ1) is 15.0. The van der Waals surface area contributed by atoms with Gasteiger partial charge in [0, 0.05) is 5.02 Å². The average molecular weight is 316 g/mol. The lowest BCUT2D eigenvalue weighted by Gasteiger charge is -2.28. The predicted molar refractivity (Wildman–Crippen MR) is 87.0 cm³/mol. The molecule has 114 valence electrons. The van der Waals surface area contributed by atoms with Crippen LogP contribution in [0.1, 0.15) is 36.9 Å².